The van der Waals surface area contributed by atoms with Gasteiger partial charge in [-0.05, 0) is 38.3 Å². The predicted octanol–water partition coefficient (Wildman–Crippen LogP) is 1.58. The summed E-state index contributed by atoms with van der Waals surface area (Å²) < 4.78 is 10.2. The molecular formula is C14H21NO4. The second-order valence-corrected chi connectivity index (χ2v) is 5.12. The summed E-state index contributed by atoms with van der Waals surface area (Å²) >= 11 is 0. The first kappa shape index (κ1) is 14.1. The number of aryl methyl sites for hydroxylation is 1. The highest BCUT2D eigenvalue weighted by atomic mass is 16.5. The third-order valence-corrected chi connectivity index (χ3v) is 3.63. The molecule has 1 atom stereocenters. The van der Waals surface area contributed by atoms with Crippen molar-refractivity contribution >= 4 is 5.97 Å². The smallest absolute Gasteiger partial charge is 0.374 e. The van der Waals surface area contributed by atoms with E-state index in [0.717, 1.165) is 37.3 Å². The summed E-state index contributed by atoms with van der Waals surface area (Å²) in [6.45, 7) is 4.80. The fourth-order valence-electron chi connectivity index (χ4n) is 2.62. The van der Waals surface area contributed by atoms with E-state index in [1.165, 1.54) is 7.11 Å². The third-order valence-electron chi connectivity index (χ3n) is 3.63. The maximum atomic E-state index is 11.5. The van der Waals surface area contributed by atoms with Gasteiger partial charge in [0.1, 0.15) is 5.76 Å². The zero-order valence-electron chi connectivity index (χ0n) is 11.5. The van der Waals surface area contributed by atoms with Crippen LogP contribution in [-0.4, -0.2) is 42.8 Å². The molecular weight excluding hydrogens is 246 g/mol. The number of hydrogen-bond donors (Lipinski definition) is 1. The third kappa shape index (κ3) is 3.36. The molecule has 0 aromatic carbocycles. The quantitative estimate of drug-likeness (QED) is 0.821. The number of esters is 1. The first-order chi connectivity index (χ1) is 9.13. The molecule has 1 unspecified atom stereocenters. The molecule has 2 heterocycles. The lowest BCUT2D eigenvalue weighted by Crippen LogP contribution is -2.20. The van der Waals surface area contributed by atoms with Crippen LogP contribution in [0, 0.1) is 12.8 Å². The molecule has 0 spiro atoms. The van der Waals surface area contributed by atoms with Crippen LogP contribution >= 0.6 is 0 Å². The number of aliphatic hydroxyl groups is 1. The van der Waals surface area contributed by atoms with Gasteiger partial charge in [-0.25, -0.2) is 4.79 Å². The van der Waals surface area contributed by atoms with Gasteiger partial charge >= 0.3 is 5.97 Å². The van der Waals surface area contributed by atoms with Crippen LogP contribution in [0.25, 0.3) is 0 Å². The van der Waals surface area contributed by atoms with E-state index in [-0.39, 0.29) is 6.61 Å². The van der Waals surface area contributed by atoms with Crippen molar-refractivity contribution in [2.24, 2.45) is 5.92 Å². The van der Waals surface area contributed by atoms with Gasteiger partial charge in [0.25, 0.3) is 0 Å². The summed E-state index contributed by atoms with van der Waals surface area (Å²) in [6.07, 6.45) is 1.98. The van der Waals surface area contributed by atoms with Gasteiger partial charge in [0.15, 0.2) is 0 Å². The van der Waals surface area contributed by atoms with Crippen LogP contribution in [0.2, 0.25) is 0 Å². The molecule has 1 N–H and O–H groups in total. The van der Waals surface area contributed by atoms with Crippen LogP contribution in [0.4, 0.5) is 0 Å². The number of methoxy groups -OCH3 is 1. The van der Waals surface area contributed by atoms with Crippen molar-refractivity contribution in [2.45, 2.75) is 26.3 Å². The molecule has 106 valence electrons. The van der Waals surface area contributed by atoms with E-state index in [2.05, 4.69) is 9.64 Å². The fourth-order valence-corrected chi connectivity index (χ4v) is 2.62. The number of carbonyl (C=O) groups excluding carboxylic acids is 1. The summed E-state index contributed by atoms with van der Waals surface area (Å²) in [7, 11) is 1.35. The average Bonchev–Trinajstić information content (AvgIpc) is 2.96. The van der Waals surface area contributed by atoms with E-state index >= 15 is 0 Å². The Balaban J connectivity index is 1.95. The molecule has 0 saturated carbocycles. The van der Waals surface area contributed by atoms with Gasteiger partial charge < -0.3 is 14.3 Å². The highest BCUT2D eigenvalue weighted by molar-refractivity contribution is 5.87. The minimum Gasteiger partial charge on any atom is -0.463 e. The summed E-state index contributed by atoms with van der Waals surface area (Å²) in [5.74, 6) is 1.23. The van der Waals surface area contributed by atoms with Gasteiger partial charge in [0, 0.05) is 18.7 Å². The van der Waals surface area contributed by atoms with Crippen LogP contribution in [-0.2, 0) is 11.3 Å². The largest absolute Gasteiger partial charge is 0.463 e. The molecule has 19 heavy (non-hydrogen) atoms. The number of likely N-dealkylation sites (tertiary alicyclic amines) is 1. The topological polar surface area (TPSA) is 62.9 Å². The number of aliphatic hydroxyl groups excluding tert-OH is 1. The highest BCUT2D eigenvalue weighted by Crippen LogP contribution is 2.23. The van der Waals surface area contributed by atoms with Crippen molar-refractivity contribution in [3.63, 3.8) is 0 Å². The first-order valence-electron chi connectivity index (χ1n) is 6.65. The van der Waals surface area contributed by atoms with Crippen molar-refractivity contribution in [1.82, 2.24) is 4.90 Å². The Hall–Kier alpha value is -1.33. The Morgan fingerprint density at radius 3 is 3.11 bits per heavy atom. The molecule has 0 aliphatic carbocycles. The van der Waals surface area contributed by atoms with Gasteiger partial charge in [-0.15, -0.1) is 0 Å². The number of carbonyl (C=O) groups is 1. The lowest BCUT2D eigenvalue weighted by molar-refractivity contribution is 0.0560. The van der Waals surface area contributed by atoms with E-state index in [1.807, 2.05) is 13.0 Å². The van der Waals surface area contributed by atoms with Crippen molar-refractivity contribution in [1.29, 1.82) is 0 Å². The maximum absolute atomic E-state index is 11.5. The van der Waals surface area contributed by atoms with Crippen molar-refractivity contribution in [3.05, 3.63) is 23.2 Å². The molecule has 5 heteroatoms. The van der Waals surface area contributed by atoms with E-state index < -0.39 is 5.97 Å². The highest BCUT2D eigenvalue weighted by Gasteiger charge is 2.24. The minimum atomic E-state index is -0.427. The van der Waals surface area contributed by atoms with Gasteiger partial charge in [-0.1, -0.05) is 0 Å². The number of rotatable bonds is 5. The molecule has 1 aliphatic rings. The first-order valence-corrected chi connectivity index (χ1v) is 6.65. The molecule has 1 aromatic heterocycles. The molecule has 1 saturated heterocycles. The number of nitrogens with zero attached hydrogens (tertiary/aromatic N) is 1. The lowest BCUT2D eigenvalue weighted by atomic mass is 10.1. The second kappa shape index (κ2) is 6.21. The Morgan fingerprint density at radius 1 is 1.63 bits per heavy atom. The summed E-state index contributed by atoms with van der Waals surface area (Å²) in [4.78, 5) is 13.8. The van der Waals surface area contributed by atoms with Crippen molar-refractivity contribution in [3.8, 4) is 0 Å². The lowest BCUT2D eigenvalue weighted by Gasteiger charge is -2.13. The van der Waals surface area contributed by atoms with Crippen LogP contribution in [0.1, 0.15) is 34.7 Å². The van der Waals surface area contributed by atoms with Crippen LogP contribution in [0.5, 0.6) is 0 Å². The van der Waals surface area contributed by atoms with Gasteiger partial charge in [0.05, 0.1) is 13.7 Å². The summed E-state index contributed by atoms with van der Waals surface area (Å²) in [5, 5.41) is 8.94. The molecule has 1 aromatic rings. The molecule has 0 bridgehead atoms. The van der Waals surface area contributed by atoms with Crippen LogP contribution < -0.4 is 0 Å². The van der Waals surface area contributed by atoms with Gasteiger partial charge in [0.2, 0.25) is 5.76 Å². The van der Waals surface area contributed by atoms with Crippen LogP contribution in [0.3, 0.4) is 0 Å². The average molecular weight is 267 g/mol. The monoisotopic (exact) mass is 267 g/mol. The number of hydrogen-bond acceptors (Lipinski definition) is 5. The minimum absolute atomic E-state index is 0.255. The molecule has 0 amide bonds. The van der Waals surface area contributed by atoms with Gasteiger partial charge in [-0.3, -0.25) is 4.90 Å². The number of furan rings is 1. The summed E-state index contributed by atoms with van der Waals surface area (Å²) in [5.41, 5.74) is 0.813. The Labute approximate surface area is 113 Å². The second-order valence-electron chi connectivity index (χ2n) is 5.12. The summed E-state index contributed by atoms with van der Waals surface area (Å²) in [6, 6.07) is 1.89. The zero-order valence-corrected chi connectivity index (χ0v) is 11.5. The fraction of sp³-hybridized carbons (Fsp3) is 0.643. The normalized spacial score (nSPS) is 19.8. The Morgan fingerprint density at radius 2 is 2.42 bits per heavy atom. The Bertz CT molecular complexity index is 441. The molecule has 2 rings (SSSR count). The SMILES string of the molecule is COC(=O)c1oc(CN2CCC(CCO)C2)cc1C. The van der Waals surface area contributed by atoms with Crippen molar-refractivity contribution < 1.29 is 19.1 Å². The standard InChI is InChI=1S/C14H21NO4/c1-10-7-12(19-13(10)14(17)18-2)9-15-5-3-11(8-15)4-6-16/h7,11,16H,3-6,8-9H2,1-2H3. The van der Waals surface area contributed by atoms with Crippen molar-refractivity contribution in [2.75, 3.05) is 26.8 Å². The molecule has 1 aliphatic heterocycles. The molecule has 5 nitrogen and oxygen atoms in total. The maximum Gasteiger partial charge on any atom is 0.374 e. The van der Waals surface area contributed by atoms with E-state index in [0.29, 0.717) is 18.2 Å². The van der Waals surface area contributed by atoms with Crippen LogP contribution in [0.15, 0.2) is 10.5 Å². The zero-order chi connectivity index (χ0) is 13.8. The van der Waals surface area contributed by atoms with E-state index in [1.54, 1.807) is 0 Å². The molecule has 1 fully saturated rings. The molecule has 0 radical (unpaired) electrons. The van der Waals surface area contributed by atoms with E-state index in [9.17, 15) is 4.79 Å². The van der Waals surface area contributed by atoms with E-state index in [4.69, 9.17) is 9.52 Å². The van der Waals surface area contributed by atoms with Gasteiger partial charge in [-0.2, -0.15) is 0 Å². The number of ether oxygens (including phenoxy) is 1. The predicted molar refractivity (Wildman–Crippen MR) is 69.9 cm³/mol. The Kier molecular flexibility index (Phi) is 4.61.